The van der Waals surface area contributed by atoms with E-state index in [4.69, 9.17) is 5.73 Å². The van der Waals surface area contributed by atoms with E-state index < -0.39 is 16.1 Å². The number of sulfonamides is 1. The third-order valence-corrected chi connectivity index (χ3v) is 8.78. The Morgan fingerprint density at radius 3 is 2.37 bits per heavy atom. The topological polar surface area (TPSA) is 98.0 Å². The van der Waals surface area contributed by atoms with Crippen molar-refractivity contribution < 1.29 is 8.42 Å². The lowest BCUT2D eigenvalue weighted by atomic mass is 10.1. The predicted molar refractivity (Wildman–Crippen MR) is 121 cm³/mol. The van der Waals surface area contributed by atoms with Crippen LogP contribution in [0.1, 0.15) is 28.0 Å². The van der Waals surface area contributed by atoms with E-state index in [1.54, 1.807) is 24.3 Å². The first kappa shape index (κ1) is 19.5. The summed E-state index contributed by atoms with van der Waals surface area (Å²) in [5.41, 5.74) is 8.82. The summed E-state index contributed by atoms with van der Waals surface area (Å²) in [5.74, 6) is 0. The Morgan fingerprint density at radius 1 is 1.00 bits per heavy atom. The largest absolute Gasteiger partial charge is 0.374 e. The lowest BCUT2D eigenvalue weighted by Gasteiger charge is -2.22. The van der Waals surface area contributed by atoms with Gasteiger partial charge in [0, 0.05) is 0 Å². The number of thioether (sulfide) groups is 1. The number of hydrogen-bond donors (Lipinski definition) is 2. The van der Waals surface area contributed by atoms with Crippen molar-refractivity contribution in [2.24, 2.45) is 0 Å². The Balaban J connectivity index is 1.59. The fraction of sp³-hybridized carbons (Fsp3) is 0.143. The molecule has 0 unspecified atom stereocenters. The number of nitrogens with zero attached hydrogens (tertiary/aromatic N) is 2. The highest BCUT2D eigenvalue weighted by molar-refractivity contribution is 8.01. The van der Waals surface area contributed by atoms with E-state index in [1.165, 1.54) is 23.1 Å². The van der Waals surface area contributed by atoms with Crippen LogP contribution in [0.2, 0.25) is 0 Å². The maximum Gasteiger partial charge on any atom is 0.241 e. The van der Waals surface area contributed by atoms with Gasteiger partial charge in [0.15, 0.2) is 4.34 Å². The summed E-state index contributed by atoms with van der Waals surface area (Å²) in [4.78, 5) is 0.250. The summed E-state index contributed by atoms with van der Waals surface area (Å²) in [6, 6.07) is 18.5. The molecule has 1 aliphatic carbocycles. The van der Waals surface area contributed by atoms with Gasteiger partial charge in [-0.05, 0) is 41.0 Å². The molecule has 6 nitrogen and oxygen atoms in total. The normalized spacial score (nSPS) is 18.2. The van der Waals surface area contributed by atoms with E-state index in [2.05, 4.69) is 14.9 Å². The average Bonchev–Trinajstić information content (AvgIpc) is 3.26. The molecule has 4 aromatic rings. The minimum atomic E-state index is -3.72. The molecule has 0 amide bonds. The van der Waals surface area contributed by atoms with Gasteiger partial charge in [-0.3, -0.25) is 0 Å². The molecule has 0 bridgehead atoms. The fourth-order valence-electron chi connectivity index (χ4n) is 3.82. The minimum Gasteiger partial charge on any atom is -0.374 e. The smallest absolute Gasteiger partial charge is 0.241 e. The van der Waals surface area contributed by atoms with E-state index in [9.17, 15) is 8.42 Å². The lowest BCUT2D eigenvalue weighted by Crippen LogP contribution is -2.30. The number of aromatic nitrogens is 2. The second-order valence-corrected chi connectivity index (χ2v) is 11.3. The number of rotatable bonds is 5. The van der Waals surface area contributed by atoms with Gasteiger partial charge in [-0.15, -0.1) is 10.2 Å². The van der Waals surface area contributed by atoms with Crippen molar-refractivity contribution in [1.29, 1.82) is 0 Å². The second-order valence-electron chi connectivity index (χ2n) is 7.15. The zero-order valence-corrected chi connectivity index (χ0v) is 18.4. The number of nitrogens with two attached hydrogens (primary N) is 1. The first-order valence-corrected chi connectivity index (χ1v) is 12.5. The molecular weight excluding hydrogens is 436 g/mol. The van der Waals surface area contributed by atoms with Crippen LogP contribution in [0.3, 0.4) is 0 Å². The van der Waals surface area contributed by atoms with Gasteiger partial charge >= 0.3 is 0 Å². The van der Waals surface area contributed by atoms with Gasteiger partial charge < -0.3 is 5.73 Å². The molecule has 0 aliphatic heterocycles. The van der Waals surface area contributed by atoms with Crippen LogP contribution in [0.4, 0.5) is 5.13 Å². The summed E-state index contributed by atoms with van der Waals surface area (Å²) in [5, 5.41) is 10.4. The molecule has 0 saturated carbocycles. The molecule has 1 aromatic heterocycles. The number of nitrogens with one attached hydrogen (secondary N) is 1. The highest BCUT2D eigenvalue weighted by atomic mass is 32.2. The van der Waals surface area contributed by atoms with Gasteiger partial charge in [-0.1, -0.05) is 77.2 Å². The Morgan fingerprint density at radius 2 is 1.70 bits per heavy atom. The van der Waals surface area contributed by atoms with E-state index in [0.717, 1.165) is 27.5 Å². The molecule has 30 heavy (non-hydrogen) atoms. The van der Waals surface area contributed by atoms with Crippen molar-refractivity contribution in [3.63, 3.8) is 0 Å². The molecule has 3 N–H and O–H groups in total. The zero-order chi connectivity index (χ0) is 20.9. The van der Waals surface area contributed by atoms with Crippen molar-refractivity contribution in [3.8, 4) is 0 Å². The quantitative estimate of drug-likeness (QED) is 0.462. The Bertz CT molecular complexity index is 1350. The van der Waals surface area contributed by atoms with E-state index in [1.807, 2.05) is 43.3 Å². The number of aryl methyl sites for hydroxylation is 1. The number of nitrogen functional groups attached to an aromatic ring is 1. The molecule has 9 heteroatoms. The highest BCUT2D eigenvalue weighted by Gasteiger charge is 2.38. The van der Waals surface area contributed by atoms with Crippen molar-refractivity contribution in [2.45, 2.75) is 27.5 Å². The standard InChI is InChI=1S/C21H18N4O2S3/c1-12-8-10-14(11-9-12)30(26,27)25-18-15-6-2-4-13-5-3-7-16(17(13)15)19(18)28-21-24-23-20(22)29-21/h2-11,18-19,25H,1H3,(H2,22,23)/t18-,19+/m1/s1. The fourth-order valence-corrected chi connectivity index (χ4v) is 7.22. The van der Waals surface area contributed by atoms with E-state index in [-0.39, 0.29) is 10.1 Å². The van der Waals surface area contributed by atoms with Gasteiger partial charge in [0.1, 0.15) is 0 Å². The molecular formula is C21H18N4O2S3. The van der Waals surface area contributed by atoms with Gasteiger partial charge in [0.25, 0.3) is 0 Å². The number of anilines is 1. The van der Waals surface area contributed by atoms with Gasteiger partial charge in [0.2, 0.25) is 15.2 Å². The maximum atomic E-state index is 13.2. The average molecular weight is 455 g/mol. The van der Waals surface area contributed by atoms with E-state index in [0.29, 0.717) is 9.47 Å². The molecule has 152 valence electrons. The maximum absolute atomic E-state index is 13.2. The lowest BCUT2D eigenvalue weighted by molar-refractivity contribution is 0.557. The molecule has 0 radical (unpaired) electrons. The second kappa shape index (κ2) is 7.35. The third kappa shape index (κ3) is 3.37. The molecule has 0 spiro atoms. The first-order chi connectivity index (χ1) is 14.4. The summed E-state index contributed by atoms with van der Waals surface area (Å²) < 4.78 is 30.1. The first-order valence-electron chi connectivity index (χ1n) is 9.28. The molecule has 3 aromatic carbocycles. The van der Waals surface area contributed by atoms with Crippen molar-refractivity contribution in [2.75, 3.05) is 5.73 Å². The molecule has 0 fully saturated rings. The van der Waals surface area contributed by atoms with E-state index >= 15 is 0 Å². The number of benzene rings is 3. The van der Waals surface area contributed by atoms with Gasteiger partial charge in [-0.25, -0.2) is 13.1 Å². The van der Waals surface area contributed by atoms with Crippen LogP contribution in [-0.2, 0) is 10.0 Å². The number of hydrogen-bond acceptors (Lipinski definition) is 7. The highest BCUT2D eigenvalue weighted by Crippen LogP contribution is 2.53. The molecule has 1 heterocycles. The van der Waals surface area contributed by atoms with Gasteiger partial charge in [-0.2, -0.15) is 0 Å². The van der Waals surface area contributed by atoms with Crippen LogP contribution in [-0.4, -0.2) is 18.6 Å². The van der Waals surface area contributed by atoms with Crippen LogP contribution in [0.25, 0.3) is 10.8 Å². The van der Waals surface area contributed by atoms with Crippen LogP contribution in [0.15, 0.2) is 69.9 Å². The predicted octanol–water partition coefficient (Wildman–Crippen LogP) is 4.45. The molecule has 0 saturated heterocycles. The van der Waals surface area contributed by atoms with Crippen LogP contribution in [0, 0.1) is 6.92 Å². The monoisotopic (exact) mass is 454 g/mol. The van der Waals surface area contributed by atoms with Crippen LogP contribution < -0.4 is 10.5 Å². The third-order valence-electron chi connectivity index (χ3n) is 5.18. The van der Waals surface area contributed by atoms with Crippen molar-refractivity contribution >= 4 is 49.0 Å². The van der Waals surface area contributed by atoms with Crippen molar-refractivity contribution in [3.05, 3.63) is 77.4 Å². The summed E-state index contributed by atoms with van der Waals surface area (Å²) in [6.45, 7) is 1.93. The minimum absolute atomic E-state index is 0.182. The Kier molecular flexibility index (Phi) is 4.78. The zero-order valence-electron chi connectivity index (χ0n) is 15.9. The molecule has 5 rings (SSSR count). The van der Waals surface area contributed by atoms with Crippen LogP contribution in [0.5, 0.6) is 0 Å². The Labute approximate surface area is 182 Å². The summed E-state index contributed by atoms with van der Waals surface area (Å²) in [6.07, 6.45) is 0. The molecule has 1 aliphatic rings. The summed E-state index contributed by atoms with van der Waals surface area (Å²) in [7, 11) is -3.72. The Hall–Kier alpha value is -2.46. The SMILES string of the molecule is Cc1ccc(S(=O)(=O)N[C@@H]2c3cccc4cccc(c34)[C@@H]2Sc2nnc(N)s2)cc1. The summed E-state index contributed by atoms with van der Waals surface area (Å²) >= 11 is 2.79. The van der Waals surface area contributed by atoms with Crippen LogP contribution >= 0.6 is 23.1 Å². The van der Waals surface area contributed by atoms with Gasteiger partial charge in [0.05, 0.1) is 16.2 Å². The molecule has 2 atom stereocenters. The van der Waals surface area contributed by atoms with Crippen molar-refractivity contribution in [1.82, 2.24) is 14.9 Å².